The van der Waals surface area contributed by atoms with Crippen LogP contribution in [0.2, 0.25) is 0 Å². The van der Waals surface area contributed by atoms with E-state index in [0.29, 0.717) is 0 Å². The first-order chi connectivity index (χ1) is 8.84. The van der Waals surface area contributed by atoms with Crippen molar-refractivity contribution in [3.8, 4) is 0 Å². The molecule has 1 radical (unpaired) electrons. The van der Waals surface area contributed by atoms with Crippen molar-refractivity contribution in [1.29, 1.82) is 0 Å². The summed E-state index contributed by atoms with van der Waals surface area (Å²) in [5, 5.41) is 4.48. The monoisotopic (exact) mass is 267 g/mol. The first kappa shape index (κ1) is 10.7. The predicted molar refractivity (Wildman–Crippen MR) is 85.3 cm³/mol. The van der Waals surface area contributed by atoms with Gasteiger partial charge >= 0.3 is 0 Å². The molecule has 2 aliphatic rings. The molecule has 0 saturated carbocycles. The molecule has 3 heteroatoms. The summed E-state index contributed by atoms with van der Waals surface area (Å²) >= 11 is 3.78. The van der Waals surface area contributed by atoms with Crippen molar-refractivity contribution in [2.24, 2.45) is 0 Å². The van der Waals surface area contributed by atoms with Gasteiger partial charge in [-0.25, -0.2) is 5.46 Å². The maximum Gasteiger partial charge on any atom is 0.274 e. The van der Waals surface area contributed by atoms with Gasteiger partial charge in [0.05, 0.1) is 6.71 Å². The molecule has 0 fully saturated rings. The molecule has 1 aromatic heterocycles. The lowest BCUT2D eigenvalue weighted by atomic mass is 9.38. The molecule has 1 atom stereocenters. The van der Waals surface area contributed by atoms with Gasteiger partial charge in [-0.3, -0.25) is 0 Å². The summed E-state index contributed by atoms with van der Waals surface area (Å²) in [6, 6.07) is 11.4. The fraction of sp³-hybridized carbons (Fsp3) is 0.0667. The Labute approximate surface area is 116 Å². The molecule has 87 valence electrons. The maximum absolute atomic E-state index is 2.33. The van der Waals surface area contributed by atoms with Gasteiger partial charge in [0.15, 0.2) is 10.3 Å². The molecule has 1 unspecified atom stereocenters. The van der Waals surface area contributed by atoms with E-state index in [1.54, 1.807) is 10.9 Å². The summed E-state index contributed by atoms with van der Waals surface area (Å²) < 4.78 is 0. The van der Waals surface area contributed by atoms with Gasteiger partial charge < -0.3 is 0 Å². The molecule has 3 heterocycles. The number of rotatable bonds is 1. The Balaban J connectivity index is 1.90. The molecule has 2 aliphatic heterocycles. The second-order valence-corrected chi connectivity index (χ2v) is 6.90. The quantitative estimate of drug-likeness (QED) is 0.564. The zero-order valence-corrected chi connectivity index (χ0v) is 11.8. The lowest BCUT2D eigenvalue weighted by Crippen LogP contribution is -2.41. The Hall–Kier alpha value is -1.19. The number of hydrogen-bond donors (Lipinski definition) is 0. The molecule has 0 saturated heterocycles. The van der Waals surface area contributed by atoms with Crippen molar-refractivity contribution >= 4 is 45.6 Å². The number of fused-ring (bicyclic) bond motifs is 2. The van der Waals surface area contributed by atoms with Crippen molar-refractivity contribution < 1.29 is 0 Å². The average molecular weight is 267 g/mol. The van der Waals surface area contributed by atoms with Crippen LogP contribution < -0.4 is 10.9 Å². The largest absolute Gasteiger partial charge is 0.274 e. The number of allylic oxidation sites excluding steroid dienone is 2. The minimum atomic E-state index is -0.501. The van der Waals surface area contributed by atoms with Gasteiger partial charge in [-0.2, -0.15) is 5.46 Å². The average Bonchev–Trinajstić information content (AvgIpc) is 3.03. The lowest BCUT2D eigenvalue weighted by Gasteiger charge is -2.20. The van der Waals surface area contributed by atoms with E-state index in [2.05, 4.69) is 54.1 Å². The molecule has 1 aromatic carbocycles. The highest BCUT2D eigenvalue weighted by Crippen LogP contribution is 2.36. The summed E-state index contributed by atoms with van der Waals surface area (Å²) in [6.07, 6.45) is 2.33. The van der Waals surface area contributed by atoms with Gasteiger partial charge in [-0.05, 0) is 18.4 Å². The second-order valence-electron chi connectivity index (χ2n) is 5.07. The zero-order valence-electron chi connectivity index (χ0n) is 10.1. The van der Waals surface area contributed by atoms with Crippen LogP contribution in [0.25, 0.3) is 4.91 Å². The number of hydrogen-bond acceptors (Lipinski definition) is 2. The van der Waals surface area contributed by atoms with Gasteiger partial charge in [-0.15, -0.1) is 16.8 Å². The standard InChI is InChI=1S/C15H12BS2/c1-10-2-4-11(5-3-10)16-12-6-8-17-14(12)15-13(16)7-9-18-15/h2-9,16H,1H3. The SMILES string of the molecule is Cc1ccc([BH-]2C3=C([S+]C=C3)c3sccc32)cc1. The van der Waals surface area contributed by atoms with Crippen molar-refractivity contribution in [2.45, 2.75) is 6.92 Å². The van der Waals surface area contributed by atoms with E-state index in [9.17, 15) is 0 Å². The van der Waals surface area contributed by atoms with Crippen LogP contribution in [0.5, 0.6) is 0 Å². The van der Waals surface area contributed by atoms with Crippen LogP contribution >= 0.6 is 11.3 Å². The van der Waals surface area contributed by atoms with Crippen molar-refractivity contribution in [3.63, 3.8) is 0 Å². The summed E-state index contributed by atoms with van der Waals surface area (Å²) in [5.41, 5.74) is 5.99. The van der Waals surface area contributed by atoms with E-state index in [0.717, 1.165) is 0 Å². The molecule has 0 bridgehead atoms. The highest BCUT2D eigenvalue weighted by molar-refractivity contribution is 7.92. The van der Waals surface area contributed by atoms with Crippen LogP contribution in [-0.2, 0) is 11.8 Å². The normalized spacial score (nSPS) is 20.4. The maximum atomic E-state index is 2.33. The Morgan fingerprint density at radius 1 is 1.11 bits per heavy atom. The fourth-order valence-corrected chi connectivity index (χ4v) is 5.32. The number of thioether (sulfide) groups is 1. The van der Waals surface area contributed by atoms with E-state index >= 15 is 0 Å². The first-order valence-corrected chi connectivity index (χ1v) is 8.02. The van der Waals surface area contributed by atoms with Crippen LogP contribution in [0.1, 0.15) is 10.4 Å². The lowest BCUT2D eigenvalue weighted by molar-refractivity contribution is 1.49. The number of thiophene rings is 1. The molecular formula is C15H12BS2. The van der Waals surface area contributed by atoms with E-state index in [1.165, 1.54) is 20.8 Å². The Morgan fingerprint density at radius 2 is 1.94 bits per heavy atom. The summed E-state index contributed by atoms with van der Waals surface area (Å²) in [6.45, 7) is 1.65. The predicted octanol–water partition coefficient (Wildman–Crippen LogP) is 2.27. The highest BCUT2D eigenvalue weighted by Gasteiger charge is 2.35. The highest BCUT2D eigenvalue weighted by atomic mass is 32.2. The molecule has 0 spiro atoms. The molecule has 4 rings (SSSR count). The van der Waals surface area contributed by atoms with Crippen LogP contribution in [0.4, 0.5) is 0 Å². The van der Waals surface area contributed by atoms with E-state index in [4.69, 9.17) is 0 Å². The molecule has 0 nitrogen and oxygen atoms in total. The third kappa shape index (κ3) is 1.41. The minimum Gasteiger partial charge on any atom is -0.203 e. The topological polar surface area (TPSA) is 0 Å². The third-order valence-corrected chi connectivity index (χ3v) is 6.07. The minimum absolute atomic E-state index is 0.501. The van der Waals surface area contributed by atoms with Gasteiger partial charge in [0, 0.05) is 4.88 Å². The molecule has 2 aromatic rings. The van der Waals surface area contributed by atoms with E-state index in [1.807, 2.05) is 23.1 Å². The van der Waals surface area contributed by atoms with Crippen molar-refractivity contribution in [3.05, 3.63) is 63.1 Å². The smallest absolute Gasteiger partial charge is 0.203 e. The summed E-state index contributed by atoms with van der Waals surface area (Å²) in [5.74, 6) is 0. The van der Waals surface area contributed by atoms with Gasteiger partial charge in [0.1, 0.15) is 0 Å². The van der Waals surface area contributed by atoms with E-state index < -0.39 is 6.71 Å². The number of benzene rings is 1. The van der Waals surface area contributed by atoms with Gasteiger partial charge in [0.2, 0.25) is 0 Å². The van der Waals surface area contributed by atoms with Crippen LogP contribution in [0.3, 0.4) is 0 Å². The second kappa shape index (κ2) is 3.90. The summed E-state index contributed by atoms with van der Waals surface area (Å²) in [4.78, 5) is 3.03. The Bertz CT molecular complexity index is 677. The molecule has 0 aliphatic carbocycles. The Kier molecular flexibility index (Phi) is 2.32. The molecule has 0 amide bonds. The summed E-state index contributed by atoms with van der Waals surface area (Å²) in [7, 11) is 0. The van der Waals surface area contributed by atoms with Gasteiger partial charge in [-0.1, -0.05) is 35.9 Å². The van der Waals surface area contributed by atoms with Crippen molar-refractivity contribution in [1.82, 2.24) is 0 Å². The van der Waals surface area contributed by atoms with Crippen LogP contribution in [0, 0.1) is 6.92 Å². The van der Waals surface area contributed by atoms with Crippen LogP contribution in [-0.4, -0.2) is 6.71 Å². The first-order valence-electron chi connectivity index (χ1n) is 6.26. The zero-order chi connectivity index (χ0) is 12.1. The fourth-order valence-electron chi connectivity index (χ4n) is 3.10. The van der Waals surface area contributed by atoms with Crippen LogP contribution in [0.15, 0.2) is 52.7 Å². The van der Waals surface area contributed by atoms with Gasteiger partial charge in [0.25, 0.3) is 11.8 Å². The Morgan fingerprint density at radius 3 is 2.78 bits per heavy atom. The number of aryl methyl sites for hydroxylation is 1. The molecular weight excluding hydrogens is 255 g/mol. The molecule has 18 heavy (non-hydrogen) atoms. The third-order valence-electron chi connectivity index (χ3n) is 3.99. The van der Waals surface area contributed by atoms with E-state index in [-0.39, 0.29) is 0 Å². The van der Waals surface area contributed by atoms with Crippen molar-refractivity contribution in [2.75, 3.05) is 0 Å². The molecule has 0 N–H and O–H groups in total.